The summed E-state index contributed by atoms with van der Waals surface area (Å²) in [6.07, 6.45) is 1.02. The molecule has 4 heteroatoms. The zero-order valence-corrected chi connectivity index (χ0v) is 9.46. The number of hydrogen-bond donors (Lipinski definition) is 2. The molecule has 0 saturated heterocycles. The zero-order valence-electron chi connectivity index (χ0n) is 9.46. The monoisotopic (exact) mass is 203 g/mol. The first kappa shape index (κ1) is 13.4. The average molecular weight is 203 g/mol. The van der Waals surface area contributed by atoms with Crippen molar-refractivity contribution in [2.75, 3.05) is 13.7 Å². The third-order valence-corrected chi connectivity index (χ3v) is 2.21. The van der Waals surface area contributed by atoms with E-state index in [-0.39, 0.29) is 12.6 Å². The molecule has 0 rings (SSSR count). The van der Waals surface area contributed by atoms with Crippen molar-refractivity contribution < 1.29 is 14.6 Å². The second kappa shape index (κ2) is 5.98. The van der Waals surface area contributed by atoms with Gasteiger partial charge in [0, 0.05) is 0 Å². The zero-order chi connectivity index (χ0) is 11.2. The lowest BCUT2D eigenvalue weighted by Gasteiger charge is -2.26. The lowest BCUT2D eigenvalue weighted by molar-refractivity contribution is -0.153. The molecule has 14 heavy (non-hydrogen) atoms. The van der Waals surface area contributed by atoms with Crippen LogP contribution >= 0.6 is 0 Å². The molecule has 0 aliphatic heterocycles. The molecular weight excluding hydrogens is 182 g/mol. The Kier molecular flexibility index (Phi) is 5.72. The number of rotatable bonds is 6. The second-order valence-electron chi connectivity index (χ2n) is 3.78. The van der Waals surface area contributed by atoms with Crippen molar-refractivity contribution in [1.29, 1.82) is 0 Å². The van der Waals surface area contributed by atoms with E-state index >= 15 is 0 Å². The quantitative estimate of drug-likeness (QED) is 0.624. The molecule has 0 aromatic carbocycles. The van der Waals surface area contributed by atoms with Gasteiger partial charge < -0.3 is 15.2 Å². The average Bonchev–Trinajstić information content (AvgIpc) is 2.14. The molecule has 0 aliphatic rings. The normalized spacial score (nSPS) is 17.2. The van der Waals surface area contributed by atoms with Crippen molar-refractivity contribution >= 4 is 5.97 Å². The summed E-state index contributed by atoms with van der Waals surface area (Å²) in [6.45, 7) is 5.46. The van der Waals surface area contributed by atoms with Gasteiger partial charge in [-0.1, -0.05) is 13.3 Å². The lowest BCUT2D eigenvalue weighted by atomic mass is 9.97. The van der Waals surface area contributed by atoms with Gasteiger partial charge in [-0.2, -0.15) is 0 Å². The molecule has 2 atom stereocenters. The molecule has 0 amide bonds. The van der Waals surface area contributed by atoms with Gasteiger partial charge in [-0.3, -0.25) is 4.79 Å². The molecule has 0 bridgehead atoms. The predicted octanol–water partition coefficient (Wildman–Crippen LogP) is 0.689. The molecule has 2 unspecified atom stereocenters. The van der Waals surface area contributed by atoms with Crippen LogP contribution < -0.4 is 5.32 Å². The molecule has 2 N–H and O–H groups in total. The van der Waals surface area contributed by atoms with Gasteiger partial charge in [0.05, 0.1) is 6.10 Å². The molecule has 0 radical (unpaired) electrons. The molecule has 0 saturated carbocycles. The Morgan fingerprint density at radius 1 is 1.64 bits per heavy atom. The van der Waals surface area contributed by atoms with Crippen LogP contribution in [0.1, 0.15) is 33.6 Å². The number of esters is 1. The predicted molar refractivity (Wildman–Crippen MR) is 55.0 cm³/mol. The van der Waals surface area contributed by atoms with Crippen LogP contribution in [0.5, 0.6) is 0 Å². The van der Waals surface area contributed by atoms with Gasteiger partial charge >= 0.3 is 5.97 Å². The number of likely N-dealkylation sites (N-methyl/N-ethyl adjacent to an activating group) is 1. The Morgan fingerprint density at radius 3 is 2.57 bits per heavy atom. The fourth-order valence-corrected chi connectivity index (χ4v) is 1.18. The van der Waals surface area contributed by atoms with Crippen LogP contribution in [0.15, 0.2) is 0 Å². The Hall–Kier alpha value is -0.610. The first-order valence-electron chi connectivity index (χ1n) is 5.00. The first-order chi connectivity index (χ1) is 6.46. The van der Waals surface area contributed by atoms with E-state index in [1.165, 1.54) is 0 Å². The minimum absolute atomic E-state index is 0.0554. The number of ether oxygens (including phenoxy) is 1. The second-order valence-corrected chi connectivity index (χ2v) is 3.78. The lowest BCUT2D eigenvalue weighted by Crippen LogP contribution is -2.49. The molecule has 0 spiro atoms. The highest BCUT2D eigenvalue weighted by atomic mass is 16.5. The molecule has 0 aromatic heterocycles. The standard InChI is InChI=1S/C10H21NO3/c1-5-6-10(3,11-4)9(13)14-7-8(2)12/h8,11-12H,5-7H2,1-4H3. The summed E-state index contributed by atoms with van der Waals surface area (Å²) in [5.41, 5.74) is -0.635. The maximum Gasteiger partial charge on any atom is 0.326 e. The summed E-state index contributed by atoms with van der Waals surface area (Å²) < 4.78 is 4.96. The first-order valence-corrected chi connectivity index (χ1v) is 5.00. The molecule has 4 nitrogen and oxygen atoms in total. The van der Waals surface area contributed by atoms with Gasteiger partial charge in [-0.15, -0.1) is 0 Å². The maximum atomic E-state index is 11.6. The highest BCUT2D eigenvalue weighted by molar-refractivity contribution is 5.80. The van der Waals surface area contributed by atoms with Crippen molar-refractivity contribution in [2.24, 2.45) is 0 Å². The number of aliphatic hydroxyl groups is 1. The van der Waals surface area contributed by atoms with Crippen LogP contribution in [0.3, 0.4) is 0 Å². The van der Waals surface area contributed by atoms with Crippen molar-refractivity contribution in [1.82, 2.24) is 5.32 Å². The van der Waals surface area contributed by atoms with Gasteiger partial charge in [0.25, 0.3) is 0 Å². The maximum absolute atomic E-state index is 11.6. The van der Waals surface area contributed by atoms with Crippen LogP contribution in [0, 0.1) is 0 Å². The molecule has 0 aliphatic carbocycles. The van der Waals surface area contributed by atoms with Crippen molar-refractivity contribution in [3.8, 4) is 0 Å². The number of nitrogens with one attached hydrogen (secondary N) is 1. The van der Waals surface area contributed by atoms with Crippen molar-refractivity contribution in [3.63, 3.8) is 0 Å². The summed E-state index contributed by atoms with van der Waals surface area (Å²) in [5.74, 6) is -0.303. The Labute approximate surface area is 85.6 Å². The van der Waals surface area contributed by atoms with E-state index in [0.29, 0.717) is 0 Å². The molecule has 0 fully saturated rings. The van der Waals surface area contributed by atoms with Crippen LogP contribution in [-0.4, -0.2) is 36.4 Å². The number of carbonyl (C=O) groups excluding carboxylic acids is 1. The third-order valence-electron chi connectivity index (χ3n) is 2.21. The largest absolute Gasteiger partial charge is 0.462 e. The van der Waals surface area contributed by atoms with E-state index < -0.39 is 11.6 Å². The Balaban J connectivity index is 4.16. The fraction of sp³-hybridized carbons (Fsp3) is 0.900. The van der Waals surface area contributed by atoms with Crippen LogP contribution in [-0.2, 0) is 9.53 Å². The van der Waals surface area contributed by atoms with E-state index in [0.717, 1.165) is 12.8 Å². The van der Waals surface area contributed by atoms with Crippen molar-refractivity contribution in [2.45, 2.75) is 45.3 Å². The fourth-order valence-electron chi connectivity index (χ4n) is 1.18. The Morgan fingerprint density at radius 2 is 2.21 bits per heavy atom. The minimum Gasteiger partial charge on any atom is -0.462 e. The SMILES string of the molecule is CCCC(C)(NC)C(=O)OCC(C)O. The molecule has 84 valence electrons. The molecule has 0 aromatic rings. The summed E-state index contributed by atoms with van der Waals surface area (Å²) in [6, 6.07) is 0. The van der Waals surface area contributed by atoms with E-state index in [1.807, 2.05) is 6.92 Å². The summed E-state index contributed by atoms with van der Waals surface area (Å²) in [4.78, 5) is 11.6. The van der Waals surface area contributed by atoms with Gasteiger partial charge in [0.15, 0.2) is 0 Å². The third kappa shape index (κ3) is 4.07. The highest BCUT2D eigenvalue weighted by Crippen LogP contribution is 2.13. The summed E-state index contributed by atoms with van der Waals surface area (Å²) in [7, 11) is 1.74. The van der Waals surface area contributed by atoms with E-state index in [1.54, 1.807) is 20.9 Å². The van der Waals surface area contributed by atoms with Crippen LogP contribution in [0.4, 0.5) is 0 Å². The van der Waals surface area contributed by atoms with Gasteiger partial charge in [0.2, 0.25) is 0 Å². The van der Waals surface area contributed by atoms with Gasteiger partial charge in [-0.05, 0) is 27.3 Å². The highest BCUT2D eigenvalue weighted by Gasteiger charge is 2.32. The minimum atomic E-state index is -0.635. The van der Waals surface area contributed by atoms with E-state index in [9.17, 15) is 4.79 Å². The Bertz CT molecular complexity index is 182. The number of hydrogen-bond acceptors (Lipinski definition) is 4. The van der Waals surface area contributed by atoms with E-state index in [4.69, 9.17) is 9.84 Å². The number of aliphatic hydroxyl groups excluding tert-OH is 1. The van der Waals surface area contributed by atoms with Gasteiger partial charge in [0.1, 0.15) is 12.1 Å². The molecule has 0 heterocycles. The number of carbonyl (C=O) groups is 1. The molecular formula is C10H21NO3. The smallest absolute Gasteiger partial charge is 0.326 e. The summed E-state index contributed by atoms with van der Waals surface area (Å²) >= 11 is 0. The van der Waals surface area contributed by atoms with Crippen LogP contribution in [0.25, 0.3) is 0 Å². The van der Waals surface area contributed by atoms with Crippen LogP contribution in [0.2, 0.25) is 0 Å². The van der Waals surface area contributed by atoms with E-state index in [2.05, 4.69) is 5.32 Å². The topological polar surface area (TPSA) is 58.6 Å². The van der Waals surface area contributed by atoms with Crippen molar-refractivity contribution in [3.05, 3.63) is 0 Å². The van der Waals surface area contributed by atoms with Gasteiger partial charge in [-0.25, -0.2) is 0 Å². The summed E-state index contributed by atoms with van der Waals surface area (Å²) in [5, 5.41) is 11.9.